The van der Waals surface area contributed by atoms with Gasteiger partial charge in [-0.25, -0.2) is 0 Å². The first-order chi connectivity index (χ1) is 12.3. The van der Waals surface area contributed by atoms with Gasteiger partial charge >= 0.3 is 0 Å². The van der Waals surface area contributed by atoms with Crippen LogP contribution in [0.1, 0.15) is 56.8 Å². The molecule has 0 aromatic heterocycles. The molecule has 1 atom stereocenters. The molecule has 1 N–H and O–H groups in total. The lowest BCUT2D eigenvalue weighted by Gasteiger charge is -2.21. The Kier molecular flexibility index (Phi) is 9.71. The zero-order valence-electron chi connectivity index (χ0n) is 16.6. The molecular weight excluding hydrogens is 310 g/mol. The number of rotatable bonds is 3. The van der Waals surface area contributed by atoms with Crippen molar-refractivity contribution in [2.75, 3.05) is 20.8 Å². The summed E-state index contributed by atoms with van der Waals surface area (Å²) in [5.74, 6) is 1.60. The predicted molar refractivity (Wildman–Crippen MR) is 107 cm³/mol. The molecule has 0 fully saturated rings. The van der Waals surface area contributed by atoms with Crippen LogP contribution in [0.4, 0.5) is 0 Å². The molecule has 3 rings (SSSR count). The third-order valence-corrected chi connectivity index (χ3v) is 4.06. The number of hydrogen-bond donors (Lipinski definition) is 1. The molecule has 138 valence electrons. The molecule has 0 spiro atoms. The van der Waals surface area contributed by atoms with Crippen LogP contribution in [0.25, 0.3) is 0 Å². The van der Waals surface area contributed by atoms with Gasteiger partial charge in [-0.05, 0) is 48.2 Å². The third-order valence-electron chi connectivity index (χ3n) is 4.06. The van der Waals surface area contributed by atoms with E-state index in [0.717, 1.165) is 30.9 Å². The molecule has 3 heteroatoms. The molecule has 0 saturated carbocycles. The lowest BCUT2D eigenvalue weighted by Crippen LogP contribution is -2.22. The molecule has 0 amide bonds. The molecule has 1 aliphatic rings. The van der Waals surface area contributed by atoms with Gasteiger partial charge < -0.3 is 14.8 Å². The van der Waals surface area contributed by atoms with Crippen LogP contribution in [-0.4, -0.2) is 20.8 Å². The highest BCUT2D eigenvalue weighted by molar-refractivity contribution is 5.51. The average Bonchev–Trinajstić information content (AvgIpc) is 2.92. The van der Waals surface area contributed by atoms with Gasteiger partial charge in [0.05, 0.1) is 20.3 Å². The van der Waals surface area contributed by atoms with Crippen molar-refractivity contribution in [3.05, 3.63) is 59.2 Å². The van der Waals surface area contributed by atoms with E-state index in [1.165, 1.54) is 16.7 Å². The van der Waals surface area contributed by atoms with E-state index in [1.807, 2.05) is 27.7 Å². The number of nitrogens with one attached hydrogen (secondary N) is 1. The highest BCUT2D eigenvalue weighted by Gasteiger charge is 2.22. The predicted octanol–water partition coefficient (Wildman–Crippen LogP) is 5.38. The van der Waals surface area contributed by atoms with E-state index in [9.17, 15) is 0 Å². The molecule has 1 heterocycles. The van der Waals surface area contributed by atoms with E-state index in [2.05, 4.69) is 47.8 Å². The smallest absolute Gasteiger partial charge is 0.161 e. The number of aryl methyl sites for hydroxylation is 1. The van der Waals surface area contributed by atoms with Crippen molar-refractivity contribution < 1.29 is 9.47 Å². The number of methoxy groups -OCH3 is 2. The van der Waals surface area contributed by atoms with E-state index >= 15 is 0 Å². The van der Waals surface area contributed by atoms with Crippen molar-refractivity contribution in [2.45, 2.75) is 46.6 Å². The Labute approximate surface area is 153 Å². The van der Waals surface area contributed by atoms with E-state index in [1.54, 1.807) is 14.2 Å². The van der Waals surface area contributed by atoms with Crippen LogP contribution >= 0.6 is 0 Å². The first kappa shape index (κ1) is 21.0. The van der Waals surface area contributed by atoms with Crippen LogP contribution in [0, 0.1) is 0 Å². The SMILES string of the molecule is CC.CC.COc1cc2c(cc1OC)C(c1ccccc1)NCCC2. The fourth-order valence-electron chi connectivity index (χ4n) is 3.00. The minimum Gasteiger partial charge on any atom is -0.493 e. The molecule has 0 saturated heterocycles. The van der Waals surface area contributed by atoms with Crippen LogP contribution in [-0.2, 0) is 6.42 Å². The molecular formula is C22H33NO2. The Morgan fingerprint density at radius 2 is 1.48 bits per heavy atom. The Morgan fingerprint density at radius 3 is 2.08 bits per heavy atom. The van der Waals surface area contributed by atoms with Crippen LogP contribution in [0.15, 0.2) is 42.5 Å². The van der Waals surface area contributed by atoms with Gasteiger partial charge in [-0.2, -0.15) is 0 Å². The maximum atomic E-state index is 5.47. The zero-order chi connectivity index (χ0) is 18.7. The number of fused-ring (bicyclic) bond motifs is 1. The average molecular weight is 344 g/mol. The van der Waals surface area contributed by atoms with Crippen molar-refractivity contribution in [1.82, 2.24) is 5.32 Å². The van der Waals surface area contributed by atoms with Crippen LogP contribution < -0.4 is 14.8 Å². The maximum Gasteiger partial charge on any atom is 0.161 e. The molecule has 0 bridgehead atoms. The second kappa shape index (κ2) is 11.5. The van der Waals surface area contributed by atoms with Gasteiger partial charge in [-0.3, -0.25) is 0 Å². The molecule has 0 radical (unpaired) electrons. The van der Waals surface area contributed by atoms with Gasteiger partial charge in [-0.1, -0.05) is 58.0 Å². The number of benzene rings is 2. The minimum absolute atomic E-state index is 0.212. The molecule has 3 nitrogen and oxygen atoms in total. The molecule has 0 aliphatic carbocycles. The zero-order valence-corrected chi connectivity index (χ0v) is 16.6. The summed E-state index contributed by atoms with van der Waals surface area (Å²) in [7, 11) is 3.37. The quantitative estimate of drug-likeness (QED) is 0.811. The second-order valence-corrected chi connectivity index (χ2v) is 5.31. The molecule has 1 unspecified atom stereocenters. The highest BCUT2D eigenvalue weighted by atomic mass is 16.5. The second-order valence-electron chi connectivity index (χ2n) is 5.31. The molecule has 2 aromatic rings. The van der Waals surface area contributed by atoms with Gasteiger partial charge in [0.15, 0.2) is 11.5 Å². The fourth-order valence-corrected chi connectivity index (χ4v) is 3.00. The van der Waals surface area contributed by atoms with E-state index in [-0.39, 0.29) is 6.04 Å². The lowest BCUT2D eigenvalue weighted by molar-refractivity contribution is 0.354. The summed E-state index contributed by atoms with van der Waals surface area (Å²) in [6.07, 6.45) is 2.19. The van der Waals surface area contributed by atoms with Crippen molar-refractivity contribution in [3.63, 3.8) is 0 Å². The topological polar surface area (TPSA) is 30.5 Å². The highest BCUT2D eigenvalue weighted by Crippen LogP contribution is 2.37. The van der Waals surface area contributed by atoms with Gasteiger partial charge in [0.1, 0.15) is 0 Å². The third kappa shape index (κ3) is 5.23. The number of hydrogen-bond acceptors (Lipinski definition) is 3. The van der Waals surface area contributed by atoms with Gasteiger partial charge in [-0.15, -0.1) is 0 Å². The summed E-state index contributed by atoms with van der Waals surface area (Å²) in [5.41, 5.74) is 3.91. The fraction of sp³-hybridized carbons (Fsp3) is 0.455. The summed E-state index contributed by atoms with van der Waals surface area (Å²) < 4.78 is 10.9. The Morgan fingerprint density at radius 1 is 0.880 bits per heavy atom. The summed E-state index contributed by atoms with van der Waals surface area (Å²) in [5, 5.41) is 3.65. The first-order valence-corrected chi connectivity index (χ1v) is 9.36. The van der Waals surface area contributed by atoms with Gasteiger partial charge in [0.25, 0.3) is 0 Å². The van der Waals surface area contributed by atoms with Crippen molar-refractivity contribution in [1.29, 1.82) is 0 Å². The van der Waals surface area contributed by atoms with E-state index in [4.69, 9.17) is 9.47 Å². The normalized spacial score (nSPS) is 15.4. The summed E-state index contributed by atoms with van der Waals surface area (Å²) in [4.78, 5) is 0. The van der Waals surface area contributed by atoms with Gasteiger partial charge in [0, 0.05) is 0 Å². The minimum atomic E-state index is 0.212. The van der Waals surface area contributed by atoms with E-state index in [0.29, 0.717) is 0 Å². The molecule has 1 aliphatic heterocycles. The van der Waals surface area contributed by atoms with Crippen molar-refractivity contribution >= 4 is 0 Å². The Balaban J connectivity index is 0.000000730. The monoisotopic (exact) mass is 343 g/mol. The van der Waals surface area contributed by atoms with Crippen molar-refractivity contribution in [2.24, 2.45) is 0 Å². The van der Waals surface area contributed by atoms with Gasteiger partial charge in [0.2, 0.25) is 0 Å². The number of ether oxygens (including phenoxy) is 2. The van der Waals surface area contributed by atoms with Crippen molar-refractivity contribution in [3.8, 4) is 11.5 Å². The molecule has 2 aromatic carbocycles. The Hall–Kier alpha value is -2.00. The van der Waals surface area contributed by atoms with Crippen LogP contribution in [0.3, 0.4) is 0 Å². The summed E-state index contributed by atoms with van der Waals surface area (Å²) in [6.45, 7) is 9.01. The first-order valence-electron chi connectivity index (χ1n) is 9.36. The standard InChI is InChI=1S/C18H21NO2.2C2H6/c1-20-16-11-14-9-6-10-19-18(13-7-4-3-5-8-13)15(14)12-17(16)21-2;2*1-2/h3-5,7-8,11-12,18-19H,6,9-10H2,1-2H3;2*1-2H3. The Bertz CT molecular complexity index is 611. The van der Waals surface area contributed by atoms with Crippen LogP contribution in [0.2, 0.25) is 0 Å². The lowest BCUT2D eigenvalue weighted by atomic mass is 9.93. The summed E-state index contributed by atoms with van der Waals surface area (Å²) >= 11 is 0. The largest absolute Gasteiger partial charge is 0.493 e. The summed E-state index contributed by atoms with van der Waals surface area (Å²) in [6, 6.07) is 15.0. The maximum absolute atomic E-state index is 5.47. The molecule has 25 heavy (non-hydrogen) atoms. The van der Waals surface area contributed by atoms with E-state index < -0.39 is 0 Å². The van der Waals surface area contributed by atoms with Crippen LogP contribution in [0.5, 0.6) is 11.5 Å².